The summed E-state index contributed by atoms with van der Waals surface area (Å²) in [6, 6.07) is 26.8. The summed E-state index contributed by atoms with van der Waals surface area (Å²) in [5.74, 6) is 0.976. The molecule has 190 valence electrons. The lowest BCUT2D eigenvalue weighted by molar-refractivity contribution is 0.190. The van der Waals surface area contributed by atoms with Crippen molar-refractivity contribution in [3.63, 3.8) is 0 Å². The highest BCUT2D eigenvalue weighted by atomic mass is 16.5. The minimum absolute atomic E-state index is 0.287. The SMILES string of the molecule is C=C(C)/C=C\C.Oc1cc(OCc2ccccc2)ccc1CNC1CCN(Cc2ccccc2)CC1. The van der Waals surface area contributed by atoms with Crippen LogP contribution in [0.3, 0.4) is 0 Å². The van der Waals surface area contributed by atoms with Crippen molar-refractivity contribution in [1.82, 2.24) is 10.2 Å². The Bertz CT molecular complexity index is 1070. The van der Waals surface area contributed by atoms with Gasteiger partial charge in [-0.15, -0.1) is 0 Å². The third kappa shape index (κ3) is 9.73. The maximum Gasteiger partial charge on any atom is 0.123 e. The molecule has 0 atom stereocenters. The summed E-state index contributed by atoms with van der Waals surface area (Å²) in [6.07, 6.45) is 6.21. The van der Waals surface area contributed by atoms with E-state index < -0.39 is 0 Å². The Hall–Kier alpha value is -3.34. The number of nitrogens with one attached hydrogen (secondary N) is 1. The zero-order chi connectivity index (χ0) is 25.6. The molecule has 3 aromatic rings. The first-order valence-electron chi connectivity index (χ1n) is 12.8. The first-order chi connectivity index (χ1) is 17.5. The van der Waals surface area contributed by atoms with Crippen molar-refractivity contribution in [1.29, 1.82) is 0 Å². The van der Waals surface area contributed by atoms with E-state index in [0.717, 1.165) is 49.2 Å². The van der Waals surface area contributed by atoms with Gasteiger partial charge in [0.05, 0.1) is 0 Å². The average Bonchev–Trinajstić information content (AvgIpc) is 2.89. The second kappa shape index (κ2) is 14.9. The van der Waals surface area contributed by atoms with Crippen LogP contribution in [0.25, 0.3) is 0 Å². The quantitative estimate of drug-likeness (QED) is 0.326. The normalized spacial score (nSPS) is 14.3. The average molecular weight is 485 g/mol. The summed E-state index contributed by atoms with van der Waals surface area (Å²) in [5, 5.41) is 14.0. The Kier molecular flexibility index (Phi) is 11.3. The van der Waals surface area contributed by atoms with Gasteiger partial charge in [0, 0.05) is 30.8 Å². The third-order valence-corrected chi connectivity index (χ3v) is 6.17. The van der Waals surface area contributed by atoms with Gasteiger partial charge in [-0.1, -0.05) is 91.0 Å². The van der Waals surface area contributed by atoms with Gasteiger partial charge >= 0.3 is 0 Å². The number of ether oxygens (including phenoxy) is 1. The highest BCUT2D eigenvalue weighted by molar-refractivity contribution is 5.39. The van der Waals surface area contributed by atoms with E-state index in [0.29, 0.717) is 24.9 Å². The molecule has 0 aromatic heterocycles. The van der Waals surface area contributed by atoms with Crippen molar-refractivity contribution in [2.24, 2.45) is 0 Å². The van der Waals surface area contributed by atoms with Gasteiger partial charge in [-0.05, 0) is 57.0 Å². The van der Waals surface area contributed by atoms with E-state index in [2.05, 4.69) is 47.1 Å². The molecule has 1 aliphatic heterocycles. The third-order valence-electron chi connectivity index (χ3n) is 6.17. The molecule has 3 aromatic carbocycles. The van der Waals surface area contributed by atoms with Gasteiger partial charge in [0.25, 0.3) is 0 Å². The Morgan fingerprint density at radius 1 is 1.00 bits per heavy atom. The van der Waals surface area contributed by atoms with Gasteiger partial charge in [0.1, 0.15) is 18.1 Å². The zero-order valence-corrected chi connectivity index (χ0v) is 21.7. The summed E-state index contributed by atoms with van der Waals surface area (Å²) in [7, 11) is 0. The monoisotopic (exact) mass is 484 g/mol. The molecular weight excluding hydrogens is 444 g/mol. The van der Waals surface area contributed by atoms with Crippen molar-refractivity contribution >= 4 is 0 Å². The topological polar surface area (TPSA) is 44.7 Å². The van der Waals surface area contributed by atoms with Crippen LogP contribution in [0, 0.1) is 0 Å². The fourth-order valence-corrected chi connectivity index (χ4v) is 4.20. The number of piperidine rings is 1. The van der Waals surface area contributed by atoms with Crippen molar-refractivity contribution in [3.05, 3.63) is 120 Å². The Morgan fingerprint density at radius 2 is 1.64 bits per heavy atom. The van der Waals surface area contributed by atoms with Crippen LogP contribution in [0.2, 0.25) is 0 Å². The molecule has 0 aliphatic carbocycles. The summed E-state index contributed by atoms with van der Waals surface area (Å²) in [5.41, 5.74) is 4.51. The van der Waals surface area contributed by atoms with Gasteiger partial charge in [-0.3, -0.25) is 4.90 Å². The van der Waals surface area contributed by atoms with E-state index in [1.165, 1.54) is 5.56 Å². The first-order valence-corrected chi connectivity index (χ1v) is 12.8. The largest absolute Gasteiger partial charge is 0.507 e. The van der Waals surface area contributed by atoms with Crippen LogP contribution in [-0.4, -0.2) is 29.1 Å². The molecule has 4 nitrogen and oxygen atoms in total. The van der Waals surface area contributed by atoms with E-state index in [-0.39, 0.29) is 5.75 Å². The molecule has 1 heterocycles. The maximum atomic E-state index is 10.4. The number of nitrogens with zero attached hydrogens (tertiary/aromatic N) is 1. The van der Waals surface area contributed by atoms with Crippen molar-refractivity contribution < 1.29 is 9.84 Å². The lowest BCUT2D eigenvalue weighted by Gasteiger charge is -2.32. The van der Waals surface area contributed by atoms with Crippen LogP contribution in [0.5, 0.6) is 11.5 Å². The van der Waals surface area contributed by atoms with Crippen molar-refractivity contribution in [3.8, 4) is 11.5 Å². The fraction of sp³-hybridized carbons (Fsp3) is 0.312. The van der Waals surface area contributed by atoms with E-state index >= 15 is 0 Å². The van der Waals surface area contributed by atoms with Gasteiger partial charge in [0.2, 0.25) is 0 Å². The first kappa shape index (κ1) is 27.3. The number of likely N-dealkylation sites (tertiary alicyclic amines) is 1. The number of rotatable bonds is 9. The molecule has 0 amide bonds. The number of phenolic OH excluding ortho intramolecular Hbond substituents is 1. The van der Waals surface area contributed by atoms with Gasteiger partial charge in [-0.2, -0.15) is 0 Å². The molecular formula is C32H40N2O2. The van der Waals surface area contributed by atoms with E-state index in [1.807, 2.05) is 68.5 Å². The standard InChI is InChI=1S/C26H30N2O2.C6H10/c29-26-17-25(30-20-22-9-5-2-6-10-22)12-11-23(26)18-27-24-13-15-28(16-14-24)19-21-7-3-1-4-8-21;1-4-5-6(2)3/h1-12,17,24,27,29H,13-16,18-20H2;4-5H,2H2,1,3H3/b;5-4-. The number of hydrogen-bond donors (Lipinski definition) is 2. The Morgan fingerprint density at radius 3 is 2.19 bits per heavy atom. The molecule has 4 heteroatoms. The number of aromatic hydroxyl groups is 1. The van der Waals surface area contributed by atoms with Crippen LogP contribution < -0.4 is 10.1 Å². The summed E-state index contributed by atoms with van der Waals surface area (Å²) >= 11 is 0. The van der Waals surface area contributed by atoms with Crippen LogP contribution in [0.15, 0.2) is 103 Å². The van der Waals surface area contributed by atoms with Crippen molar-refractivity contribution in [2.45, 2.75) is 52.4 Å². The van der Waals surface area contributed by atoms with Crippen LogP contribution in [0.4, 0.5) is 0 Å². The molecule has 4 rings (SSSR count). The molecule has 1 saturated heterocycles. The lowest BCUT2D eigenvalue weighted by atomic mass is 10.0. The molecule has 0 bridgehead atoms. The number of hydrogen-bond acceptors (Lipinski definition) is 4. The molecule has 0 unspecified atom stereocenters. The van der Waals surface area contributed by atoms with E-state index in [1.54, 1.807) is 6.07 Å². The Labute approximate surface area is 216 Å². The molecule has 2 N–H and O–H groups in total. The summed E-state index contributed by atoms with van der Waals surface area (Å²) in [4.78, 5) is 2.52. The number of phenols is 1. The molecule has 0 radical (unpaired) electrons. The second-order valence-electron chi connectivity index (χ2n) is 9.33. The summed E-state index contributed by atoms with van der Waals surface area (Å²) in [6.45, 7) is 12.0. The van der Waals surface area contributed by atoms with Gasteiger partial charge in [0.15, 0.2) is 0 Å². The van der Waals surface area contributed by atoms with Crippen LogP contribution in [-0.2, 0) is 19.7 Å². The number of benzene rings is 3. The van der Waals surface area contributed by atoms with Crippen LogP contribution >= 0.6 is 0 Å². The minimum atomic E-state index is 0.287. The minimum Gasteiger partial charge on any atom is -0.507 e. The maximum absolute atomic E-state index is 10.4. The molecule has 0 spiro atoms. The van der Waals surface area contributed by atoms with Gasteiger partial charge < -0.3 is 15.2 Å². The predicted molar refractivity (Wildman–Crippen MR) is 150 cm³/mol. The van der Waals surface area contributed by atoms with Crippen molar-refractivity contribution in [2.75, 3.05) is 13.1 Å². The fourth-order valence-electron chi connectivity index (χ4n) is 4.20. The molecule has 0 saturated carbocycles. The van der Waals surface area contributed by atoms with E-state index in [9.17, 15) is 5.11 Å². The van der Waals surface area contributed by atoms with Gasteiger partial charge in [-0.25, -0.2) is 0 Å². The molecule has 1 fully saturated rings. The lowest BCUT2D eigenvalue weighted by Crippen LogP contribution is -2.41. The van der Waals surface area contributed by atoms with E-state index in [4.69, 9.17) is 4.74 Å². The smallest absolute Gasteiger partial charge is 0.123 e. The Balaban J connectivity index is 0.000000538. The summed E-state index contributed by atoms with van der Waals surface area (Å²) < 4.78 is 5.80. The zero-order valence-electron chi connectivity index (χ0n) is 21.7. The number of allylic oxidation sites excluding steroid dienone is 3. The molecule has 36 heavy (non-hydrogen) atoms. The second-order valence-corrected chi connectivity index (χ2v) is 9.33. The predicted octanol–water partition coefficient (Wildman–Crippen LogP) is 6.86. The highest BCUT2D eigenvalue weighted by Crippen LogP contribution is 2.25. The highest BCUT2D eigenvalue weighted by Gasteiger charge is 2.19. The van der Waals surface area contributed by atoms with Crippen LogP contribution in [0.1, 0.15) is 43.4 Å². The molecule has 1 aliphatic rings.